The Kier molecular flexibility index (Phi) is 3.49. The molecule has 1 aromatic rings. The van der Waals surface area contributed by atoms with Gasteiger partial charge in [-0.15, -0.1) is 5.10 Å². The van der Waals surface area contributed by atoms with Crippen molar-refractivity contribution in [1.29, 1.82) is 0 Å². The van der Waals surface area contributed by atoms with Crippen molar-refractivity contribution in [3.8, 4) is 0 Å². The standard InChI is InChI=1S/C8H13N3OS2/c13-8-11-10-7(14-8)9-3-4-12-5-6-1-2-6/h6H,1-5H2,(H,9,10)(H,11,13). The smallest absolute Gasteiger partial charge is 0.204 e. The Labute approximate surface area is 91.7 Å². The molecule has 0 radical (unpaired) electrons. The van der Waals surface area contributed by atoms with Crippen LogP contribution in [0.2, 0.25) is 0 Å². The molecule has 78 valence electrons. The molecule has 0 spiro atoms. The SMILES string of the molecule is S=c1[nH]nc(NCCOCC2CC2)s1. The van der Waals surface area contributed by atoms with Gasteiger partial charge in [-0.25, -0.2) is 0 Å². The van der Waals surface area contributed by atoms with Crippen molar-refractivity contribution < 1.29 is 4.74 Å². The van der Waals surface area contributed by atoms with Crippen LogP contribution in [0.5, 0.6) is 0 Å². The van der Waals surface area contributed by atoms with E-state index in [0.717, 1.165) is 30.8 Å². The molecule has 0 aliphatic heterocycles. The quantitative estimate of drug-likeness (QED) is 0.581. The molecule has 0 atom stereocenters. The molecule has 1 heterocycles. The number of H-pyrrole nitrogens is 1. The lowest BCUT2D eigenvalue weighted by atomic mass is 10.5. The van der Waals surface area contributed by atoms with Crippen LogP contribution in [0.3, 0.4) is 0 Å². The van der Waals surface area contributed by atoms with Gasteiger partial charge in [0.1, 0.15) is 0 Å². The molecular formula is C8H13N3OS2. The van der Waals surface area contributed by atoms with Gasteiger partial charge in [-0.1, -0.05) is 11.3 Å². The van der Waals surface area contributed by atoms with E-state index in [1.165, 1.54) is 24.2 Å². The van der Waals surface area contributed by atoms with Gasteiger partial charge >= 0.3 is 0 Å². The van der Waals surface area contributed by atoms with Gasteiger partial charge < -0.3 is 10.1 Å². The Morgan fingerprint density at radius 3 is 3.14 bits per heavy atom. The predicted molar refractivity (Wildman–Crippen MR) is 59.3 cm³/mol. The van der Waals surface area contributed by atoms with E-state index in [1.54, 1.807) is 0 Å². The minimum absolute atomic E-state index is 0.700. The maximum atomic E-state index is 5.46. The molecule has 1 saturated carbocycles. The maximum Gasteiger partial charge on any atom is 0.204 e. The second kappa shape index (κ2) is 4.86. The zero-order valence-electron chi connectivity index (χ0n) is 7.78. The molecule has 4 nitrogen and oxygen atoms in total. The predicted octanol–water partition coefficient (Wildman–Crippen LogP) is 2.04. The number of hydrogen-bond donors (Lipinski definition) is 2. The lowest BCUT2D eigenvalue weighted by molar-refractivity contribution is 0.134. The Morgan fingerprint density at radius 1 is 1.64 bits per heavy atom. The minimum atomic E-state index is 0.700. The van der Waals surface area contributed by atoms with E-state index < -0.39 is 0 Å². The Bertz CT molecular complexity index is 331. The fraction of sp³-hybridized carbons (Fsp3) is 0.750. The second-order valence-electron chi connectivity index (χ2n) is 3.36. The number of hydrogen-bond acceptors (Lipinski definition) is 5. The zero-order valence-corrected chi connectivity index (χ0v) is 9.42. The third kappa shape index (κ3) is 3.36. The molecule has 1 fully saturated rings. The van der Waals surface area contributed by atoms with Crippen LogP contribution in [0.15, 0.2) is 0 Å². The molecule has 6 heteroatoms. The van der Waals surface area contributed by atoms with Gasteiger partial charge in [-0.2, -0.15) is 0 Å². The molecule has 0 aromatic carbocycles. The van der Waals surface area contributed by atoms with Crippen molar-refractivity contribution in [2.45, 2.75) is 12.8 Å². The molecule has 1 aromatic heterocycles. The highest BCUT2D eigenvalue weighted by molar-refractivity contribution is 7.73. The highest BCUT2D eigenvalue weighted by atomic mass is 32.1. The Morgan fingerprint density at radius 2 is 2.50 bits per heavy atom. The number of anilines is 1. The average Bonchev–Trinajstić information content (AvgIpc) is 2.89. The fourth-order valence-electron chi connectivity index (χ4n) is 1.07. The molecule has 1 aliphatic rings. The topological polar surface area (TPSA) is 49.9 Å². The Balaban J connectivity index is 1.55. The second-order valence-corrected chi connectivity index (χ2v) is 5.03. The summed E-state index contributed by atoms with van der Waals surface area (Å²) in [6.45, 7) is 2.45. The van der Waals surface area contributed by atoms with E-state index in [0.29, 0.717) is 3.95 Å². The number of nitrogens with one attached hydrogen (secondary N) is 2. The van der Waals surface area contributed by atoms with E-state index in [-0.39, 0.29) is 0 Å². The Hall–Kier alpha value is -0.460. The molecule has 0 bridgehead atoms. The van der Waals surface area contributed by atoms with Gasteiger partial charge in [0.25, 0.3) is 0 Å². The summed E-state index contributed by atoms with van der Waals surface area (Å²) in [5.74, 6) is 0.836. The maximum absolute atomic E-state index is 5.46. The van der Waals surface area contributed by atoms with Crippen LogP contribution < -0.4 is 5.32 Å². The van der Waals surface area contributed by atoms with E-state index in [2.05, 4.69) is 15.5 Å². The lowest BCUT2D eigenvalue weighted by Gasteiger charge is -2.02. The first kappa shape index (κ1) is 10.1. The largest absolute Gasteiger partial charge is 0.379 e. The molecule has 0 amide bonds. The molecule has 1 aliphatic carbocycles. The van der Waals surface area contributed by atoms with Crippen LogP contribution in [-0.4, -0.2) is 30.0 Å². The summed E-state index contributed by atoms with van der Waals surface area (Å²) in [7, 11) is 0. The van der Waals surface area contributed by atoms with E-state index >= 15 is 0 Å². The van der Waals surface area contributed by atoms with Crippen LogP contribution in [0.4, 0.5) is 5.13 Å². The molecule has 2 rings (SSSR count). The van der Waals surface area contributed by atoms with Crippen LogP contribution in [0.1, 0.15) is 12.8 Å². The third-order valence-corrected chi connectivity index (χ3v) is 3.06. The molecular weight excluding hydrogens is 218 g/mol. The van der Waals surface area contributed by atoms with Crippen molar-refractivity contribution in [3.63, 3.8) is 0 Å². The summed E-state index contributed by atoms with van der Waals surface area (Å²) in [5, 5.41) is 10.7. The summed E-state index contributed by atoms with van der Waals surface area (Å²) in [4.78, 5) is 0. The van der Waals surface area contributed by atoms with Gasteiger partial charge in [0.2, 0.25) is 5.13 Å². The van der Waals surface area contributed by atoms with Gasteiger partial charge in [0.05, 0.1) is 6.61 Å². The van der Waals surface area contributed by atoms with Crippen LogP contribution in [-0.2, 0) is 4.74 Å². The number of aromatic nitrogens is 2. The number of rotatable bonds is 6. The average molecular weight is 231 g/mol. The van der Waals surface area contributed by atoms with Crippen molar-refractivity contribution in [1.82, 2.24) is 10.2 Å². The first-order chi connectivity index (χ1) is 6.84. The van der Waals surface area contributed by atoms with Gasteiger partial charge in [0.15, 0.2) is 3.95 Å². The van der Waals surface area contributed by atoms with Gasteiger partial charge in [-0.3, -0.25) is 5.10 Å². The summed E-state index contributed by atoms with van der Waals surface area (Å²) in [6, 6.07) is 0. The first-order valence-electron chi connectivity index (χ1n) is 4.72. The minimum Gasteiger partial charge on any atom is -0.379 e. The van der Waals surface area contributed by atoms with Crippen LogP contribution in [0.25, 0.3) is 0 Å². The lowest BCUT2D eigenvalue weighted by Crippen LogP contribution is -2.10. The van der Waals surface area contributed by atoms with Crippen molar-refractivity contribution >= 4 is 28.7 Å². The number of nitrogens with zero attached hydrogens (tertiary/aromatic N) is 1. The fourth-order valence-corrected chi connectivity index (χ4v) is 1.88. The molecule has 0 unspecified atom stereocenters. The third-order valence-electron chi connectivity index (χ3n) is 2.01. The van der Waals surface area contributed by atoms with Gasteiger partial charge in [-0.05, 0) is 31.0 Å². The van der Waals surface area contributed by atoms with Gasteiger partial charge in [0, 0.05) is 13.2 Å². The molecule has 14 heavy (non-hydrogen) atoms. The van der Waals surface area contributed by atoms with Crippen LogP contribution in [0, 0.1) is 9.87 Å². The first-order valence-corrected chi connectivity index (χ1v) is 5.94. The highest BCUT2D eigenvalue weighted by Gasteiger charge is 2.20. The van der Waals surface area contributed by atoms with E-state index in [1.807, 2.05) is 0 Å². The van der Waals surface area contributed by atoms with Crippen molar-refractivity contribution in [3.05, 3.63) is 3.95 Å². The summed E-state index contributed by atoms with van der Waals surface area (Å²) in [5.41, 5.74) is 0. The molecule has 2 N–H and O–H groups in total. The number of aromatic amines is 1. The molecule has 0 saturated heterocycles. The van der Waals surface area contributed by atoms with E-state index in [4.69, 9.17) is 17.0 Å². The highest BCUT2D eigenvalue weighted by Crippen LogP contribution is 2.28. The van der Waals surface area contributed by atoms with Crippen molar-refractivity contribution in [2.24, 2.45) is 5.92 Å². The summed E-state index contributed by atoms with van der Waals surface area (Å²) >= 11 is 6.35. The zero-order chi connectivity index (χ0) is 9.80. The monoisotopic (exact) mass is 231 g/mol. The summed E-state index contributed by atoms with van der Waals surface area (Å²) in [6.07, 6.45) is 2.68. The number of ether oxygens (including phenoxy) is 1. The van der Waals surface area contributed by atoms with Crippen molar-refractivity contribution in [2.75, 3.05) is 25.1 Å². The summed E-state index contributed by atoms with van der Waals surface area (Å²) < 4.78 is 6.16. The van der Waals surface area contributed by atoms with Crippen LogP contribution >= 0.6 is 23.6 Å². The van der Waals surface area contributed by atoms with E-state index in [9.17, 15) is 0 Å². The normalized spacial score (nSPS) is 15.7.